The van der Waals surface area contributed by atoms with Crippen LogP contribution in [0.15, 0.2) is 30.3 Å². The summed E-state index contributed by atoms with van der Waals surface area (Å²) in [6.45, 7) is 4.12. The van der Waals surface area contributed by atoms with Gasteiger partial charge in [0, 0.05) is 11.5 Å². The molecular weight excluding hydrogens is 242 g/mol. The third-order valence-electron chi connectivity index (χ3n) is 4.61. The van der Waals surface area contributed by atoms with Gasteiger partial charge in [-0.2, -0.15) is 0 Å². The maximum absolute atomic E-state index is 12.4. The maximum Gasteiger partial charge on any atom is 0.228 e. The normalized spacial score (nSPS) is 37.5. The van der Waals surface area contributed by atoms with Gasteiger partial charge in [0.25, 0.3) is 0 Å². The van der Waals surface area contributed by atoms with Crippen molar-refractivity contribution in [1.82, 2.24) is 4.90 Å². The average Bonchev–Trinajstić information content (AvgIpc) is 2.93. The molecule has 4 heteroatoms. The van der Waals surface area contributed by atoms with Crippen molar-refractivity contribution in [3.8, 4) is 0 Å². The quantitative estimate of drug-likeness (QED) is 0.760. The van der Waals surface area contributed by atoms with Crippen molar-refractivity contribution in [3.05, 3.63) is 35.9 Å². The summed E-state index contributed by atoms with van der Waals surface area (Å²) < 4.78 is 5.76. The smallest absolute Gasteiger partial charge is 0.228 e. The highest BCUT2D eigenvalue weighted by Crippen LogP contribution is 2.48. The first-order valence-corrected chi connectivity index (χ1v) is 6.58. The van der Waals surface area contributed by atoms with Crippen molar-refractivity contribution < 1.29 is 14.3 Å². The van der Waals surface area contributed by atoms with Crippen LogP contribution in [0.5, 0.6) is 0 Å². The molecule has 0 spiro atoms. The molecule has 0 N–H and O–H groups in total. The molecule has 2 saturated heterocycles. The largest absolute Gasteiger partial charge is 0.351 e. The molecule has 0 radical (unpaired) electrons. The second kappa shape index (κ2) is 4.17. The van der Waals surface area contributed by atoms with Gasteiger partial charge in [-0.25, -0.2) is 0 Å². The van der Waals surface area contributed by atoms with Crippen LogP contribution in [0.1, 0.15) is 25.6 Å². The number of benzene rings is 1. The van der Waals surface area contributed by atoms with E-state index in [2.05, 4.69) is 0 Å². The number of rotatable bonds is 2. The highest BCUT2D eigenvalue weighted by atomic mass is 16.5. The lowest BCUT2D eigenvalue weighted by Crippen LogP contribution is -2.48. The molecule has 100 valence electrons. The monoisotopic (exact) mass is 259 g/mol. The number of carbonyl (C=O) groups is 2. The van der Waals surface area contributed by atoms with Gasteiger partial charge in [0.2, 0.25) is 5.91 Å². The Balaban J connectivity index is 2.05. The zero-order valence-corrected chi connectivity index (χ0v) is 11.1. The summed E-state index contributed by atoms with van der Waals surface area (Å²) in [6, 6.07) is 9.58. The molecule has 2 aliphatic heterocycles. The Kier molecular flexibility index (Phi) is 2.71. The number of ether oxygens (including phenoxy) is 1. The van der Waals surface area contributed by atoms with Crippen LogP contribution in [0.25, 0.3) is 0 Å². The highest BCUT2D eigenvalue weighted by molar-refractivity contribution is 5.89. The molecule has 1 aromatic carbocycles. The fourth-order valence-electron chi connectivity index (χ4n) is 3.17. The topological polar surface area (TPSA) is 46.6 Å². The summed E-state index contributed by atoms with van der Waals surface area (Å²) in [5.41, 5.74) is 0.123. The predicted molar refractivity (Wildman–Crippen MR) is 69.1 cm³/mol. The van der Waals surface area contributed by atoms with Crippen LogP contribution in [0, 0.1) is 11.8 Å². The van der Waals surface area contributed by atoms with Crippen molar-refractivity contribution in [2.75, 3.05) is 6.61 Å². The minimum Gasteiger partial charge on any atom is -0.351 e. The number of fused-ring (bicyclic) bond motifs is 1. The Hall–Kier alpha value is -1.68. The standard InChI is InChI=1S/C15H17NO3/c1-10-11(2)15(8-17)9-19-14(16(15)13(10)18)12-6-4-3-5-7-12/h3-8,10-11,14H,9H2,1-2H3/t10?,11-,14?,15-/m0/s1. The van der Waals surface area contributed by atoms with E-state index in [0.717, 1.165) is 11.8 Å². The van der Waals surface area contributed by atoms with Gasteiger partial charge >= 0.3 is 0 Å². The molecule has 0 saturated carbocycles. The zero-order chi connectivity index (χ0) is 13.6. The molecule has 2 heterocycles. The summed E-state index contributed by atoms with van der Waals surface area (Å²) in [7, 11) is 0. The van der Waals surface area contributed by atoms with E-state index in [1.165, 1.54) is 0 Å². The Morgan fingerprint density at radius 1 is 1.32 bits per heavy atom. The van der Waals surface area contributed by atoms with E-state index in [1.54, 1.807) is 4.90 Å². The van der Waals surface area contributed by atoms with E-state index < -0.39 is 11.8 Å². The van der Waals surface area contributed by atoms with E-state index in [0.29, 0.717) is 0 Å². The molecule has 0 aliphatic carbocycles. The first-order valence-electron chi connectivity index (χ1n) is 6.58. The lowest BCUT2D eigenvalue weighted by atomic mass is 9.83. The second-order valence-electron chi connectivity index (χ2n) is 5.47. The molecule has 2 aliphatic rings. The molecule has 19 heavy (non-hydrogen) atoms. The molecule has 1 aromatic rings. The summed E-state index contributed by atoms with van der Waals surface area (Å²) in [5.74, 6) is -0.155. The van der Waals surface area contributed by atoms with Gasteiger partial charge < -0.3 is 9.53 Å². The van der Waals surface area contributed by atoms with Crippen LogP contribution in [0.2, 0.25) is 0 Å². The zero-order valence-electron chi connectivity index (χ0n) is 11.1. The van der Waals surface area contributed by atoms with Crippen molar-refractivity contribution in [1.29, 1.82) is 0 Å². The molecule has 2 unspecified atom stereocenters. The Labute approximate surface area is 112 Å². The van der Waals surface area contributed by atoms with Crippen molar-refractivity contribution in [2.24, 2.45) is 11.8 Å². The first kappa shape index (κ1) is 12.4. The number of hydrogen-bond donors (Lipinski definition) is 0. The Morgan fingerprint density at radius 3 is 2.63 bits per heavy atom. The summed E-state index contributed by atoms with van der Waals surface area (Å²) in [5, 5.41) is 0. The minimum absolute atomic E-state index is 0.00551. The maximum atomic E-state index is 12.4. The number of aldehydes is 1. The van der Waals surface area contributed by atoms with Crippen LogP contribution in [-0.4, -0.2) is 29.2 Å². The van der Waals surface area contributed by atoms with Gasteiger partial charge in [0.05, 0.1) is 6.61 Å². The molecule has 3 rings (SSSR count). The molecule has 0 bridgehead atoms. The number of hydrogen-bond acceptors (Lipinski definition) is 3. The minimum atomic E-state index is -0.795. The van der Waals surface area contributed by atoms with Gasteiger partial charge in [-0.15, -0.1) is 0 Å². The van der Waals surface area contributed by atoms with Gasteiger partial charge in [-0.3, -0.25) is 9.69 Å². The first-order chi connectivity index (χ1) is 9.12. The SMILES string of the molecule is CC1C(=O)N2C(c3ccccc3)OC[C@@]2(C=O)[C@H]1C. The third-order valence-corrected chi connectivity index (χ3v) is 4.61. The van der Waals surface area contributed by atoms with Gasteiger partial charge in [0.1, 0.15) is 11.8 Å². The fourth-order valence-corrected chi connectivity index (χ4v) is 3.17. The molecule has 4 atom stereocenters. The van der Waals surface area contributed by atoms with E-state index in [4.69, 9.17) is 4.74 Å². The van der Waals surface area contributed by atoms with Gasteiger partial charge in [-0.1, -0.05) is 44.2 Å². The summed E-state index contributed by atoms with van der Waals surface area (Å²) in [6.07, 6.45) is 0.452. The molecule has 1 amide bonds. The third kappa shape index (κ3) is 1.49. The van der Waals surface area contributed by atoms with E-state index in [1.807, 2.05) is 44.2 Å². The van der Waals surface area contributed by atoms with E-state index in [9.17, 15) is 9.59 Å². The summed E-state index contributed by atoms with van der Waals surface area (Å²) in [4.78, 5) is 25.7. The van der Waals surface area contributed by atoms with Gasteiger partial charge in [0.15, 0.2) is 6.23 Å². The number of nitrogens with zero attached hydrogens (tertiary/aromatic N) is 1. The van der Waals surface area contributed by atoms with Crippen LogP contribution >= 0.6 is 0 Å². The van der Waals surface area contributed by atoms with Crippen molar-refractivity contribution in [3.63, 3.8) is 0 Å². The van der Waals surface area contributed by atoms with Crippen LogP contribution in [0.4, 0.5) is 0 Å². The van der Waals surface area contributed by atoms with Crippen LogP contribution in [0.3, 0.4) is 0 Å². The molecular formula is C15H17NO3. The van der Waals surface area contributed by atoms with Crippen LogP contribution in [-0.2, 0) is 14.3 Å². The number of carbonyl (C=O) groups excluding carboxylic acids is 2. The predicted octanol–water partition coefficient (Wildman–Crippen LogP) is 1.77. The van der Waals surface area contributed by atoms with Crippen LogP contribution < -0.4 is 0 Å². The second-order valence-corrected chi connectivity index (χ2v) is 5.47. The van der Waals surface area contributed by atoms with E-state index >= 15 is 0 Å². The Morgan fingerprint density at radius 2 is 2.00 bits per heavy atom. The average molecular weight is 259 g/mol. The van der Waals surface area contributed by atoms with Crippen molar-refractivity contribution in [2.45, 2.75) is 25.6 Å². The lowest BCUT2D eigenvalue weighted by Gasteiger charge is -2.30. The van der Waals surface area contributed by atoms with Crippen molar-refractivity contribution >= 4 is 12.2 Å². The highest BCUT2D eigenvalue weighted by Gasteiger charge is 2.61. The molecule has 4 nitrogen and oxygen atoms in total. The Bertz CT molecular complexity index is 515. The van der Waals surface area contributed by atoms with E-state index in [-0.39, 0.29) is 24.3 Å². The van der Waals surface area contributed by atoms with Gasteiger partial charge in [-0.05, 0) is 5.92 Å². The molecule has 2 fully saturated rings. The fraction of sp³-hybridized carbons (Fsp3) is 0.467. The lowest BCUT2D eigenvalue weighted by molar-refractivity contribution is -0.140. The molecule has 0 aromatic heterocycles. The number of amides is 1. The summed E-state index contributed by atoms with van der Waals surface area (Å²) >= 11 is 0.